The van der Waals surface area contributed by atoms with Crippen molar-refractivity contribution in [3.63, 3.8) is 0 Å². The Morgan fingerprint density at radius 2 is 2.29 bits per heavy atom. The molecule has 7 heteroatoms. The zero-order valence-corrected chi connectivity index (χ0v) is 9.42. The van der Waals surface area contributed by atoms with Crippen LogP contribution in [-0.2, 0) is 11.3 Å². The van der Waals surface area contributed by atoms with Crippen molar-refractivity contribution in [1.82, 2.24) is 19.5 Å². The smallest absolute Gasteiger partial charge is 0.305 e. The molecule has 0 aliphatic heterocycles. The van der Waals surface area contributed by atoms with Crippen molar-refractivity contribution in [2.45, 2.75) is 19.9 Å². The van der Waals surface area contributed by atoms with E-state index in [0.29, 0.717) is 17.9 Å². The highest BCUT2D eigenvalue weighted by Crippen LogP contribution is 2.16. The monoisotopic (exact) mass is 235 g/mol. The van der Waals surface area contributed by atoms with E-state index in [1.807, 2.05) is 11.5 Å². The number of hydrogen-bond acceptors (Lipinski definition) is 5. The Kier molecular flexibility index (Phi) is 3.17. The number of carbonyl (C=O) groups is 1. The molecule has 2 N–H and O–H groups in total. The zero-order valence-electron chi connectivity index (χ0n) is 9.42. The molecule has 17 heavy (non-hydrogen) atoms. The summed E-state index contributed by atoms with van der Waals surface area (Å²) in [7, 11) is 0. The summed E-state index contributed by atoms with van der Waals surface area (Å²) in [6.45, 7) is 3.10. The highest BCUT2D eigenvalue weighted by molar-refractivity contribution is 5.82. The molecule has 2 aromatic heterocycles. The molecule has 2 heterocycles. The zero-order chi connectivity index (χ0) is 12.3. The Balaban J connectivity index is 2.22. The SMILES string of the molecule is CCn1cnc2c(NCCC(=O)O)ncnc21. The van der Waals surface area contributed by atoms with Gasteiger partial charge in [0.1, 0.15) is 11.8 Å². The molecule has 0 spiro atoms. The average Bonchev–Trinajstić information content (AvgIpc) is 2.72. The van der Waals surface area contributed by atoms with Crippen molar-refractivity contribution in [1.29, 1.82) is 0 Å². The van der Waals surface area contributed by atoms with Crippen molar-refractivity contribution < 1.29 is 9.90 Å². The van der Waals surface area contributed by atoms with E-state index < -0.39 is 5.97 Å². The third-order valence-corrected chi connectivity index (χ3v) is 2.37. The first-order valence-electron chi connectivity index (χ1n) is 5.34. The van der Waals surface area contributed by atoms with Gasteiger partial charge in [0.2, 0.25) is 0 Å². The third kappa shape index (κ3) is 2.32. The van der Waals surface area contributed by atoms with E-state index in [1.165, 1.54) is 6.33 Å². The molecule has 90 valence electrons. The van der Waals surface area contributed by atoms with Crippen LogP contribution in [0.25, 0.3) is 11.2 Å². The number of carboxylic acids is 1. The summed E-state index contributed by atoms with van der Waals surface area (Å²) in [6, 6.07) is 0. The van der Waals surface area contributed by atoms with Gasteiger partial charge < -0.3 is 15.0 Å². The molecule has 0 amide bonds. The Morgan fingerprint density at radius 3 is 3.00 bits per heavy atom. The van der Waals surface area contributed by atoms with Gasteiger partial charge in [0.05, 0.1) is 12.7 Å². The fourth-order valence-corrected chi connectivity index (χ4v) is 1.53. The van der Waals surface area contributed by atoms with Crippen LogP contribution in [0.4, 0.5) is 5.82 Å². The van der Waals surface area contributed by atoms with Gasteiger partial charge in [0.15, 0.2) is 11.5 Å². The maximum atomic E-state index is 10.4. The van der Waals surface area contributed by atoms with Gasteiger partial charge in [-0.2, -0.15) is 0 Å². The summed E-state index contributed by atoms with van der Waals surface area (Å²) in [5.41, 5.74) is 1.42. The summed E-state index contributed by atoms with van der Waals surface area (Å²) < 4.78 is 1.90. The van der Waals surface area contributed by atoms with E-state index in [0.717, 1.165) is 12.2 Å². The number of aryl methyl sites for hydroxylation is 1. The molecule has 0 radical (unpaired) electrons. The first-order valence-corrected chi connectivity index (χ1v) is 5.34. The molecular weight excluding hydrogens is 222 g/mol. The second-order valence-electron chi connectivity index (χ2n) is 3.50. The second-order valence-corrected chi connectivity index (χ2v) is 3.50. The fraction of sp³-hybridized carbons (Fsp3) is 0.400. The largest absolute Gasteiger partial charge is 0.481 e. The van der Waals surface area contributed by atoms with Crippen molar-refractivity contribution in [3.8, 4) is 0 Å². The second kappa shape index (κ2) is 4.77. The van der Waals surface area contributed by atoms with Gasteiger partial charge in [-0.1, -0.05) is 0 Å². The summed E-state index contributed by atoms with van der Waals surface area (Å²) >= 11 is 0. The molecule has 0 fully saturated rings. The van der Waals surface area contributed by atoms with E-state index in [-0.39, 0.29) is 6.42 Å². The number of carboxylic acid groups (broad SMARTS) is 1. The molecular formula is C10H13N5O2. The van der Waals surface area contributed by atoms with Gasteiger partial charge in [-0.15, -0.1) is 0 Å². The molecule has 2 rings (SSSR count). The molecule has 0 aliphatic rings. The molecule has 0 saturated carbocycles. The topological polar surface area (TPSA) is 92.9 Å². The number of aliphatic carboxylic acids is 1. The Labute approximate surface area is 97.5 Å². The lowest BCUT2D eigenvalue weighted by atomic mass is 10.4. The van der Waals surface area contributed by atoms with Crippen LogP contribution in [-0.4, -0.2) is 37.1 Å². The predicted octanol–water partition coefficient (Wildman–Crippen LogP) is 0.733. The quantitative estimate of drug-likeness (QED) is 0.793. The lowest BCUT2D eigenvalue weighted by molar-refractivity contribution is -0.136. The fourth-order valence-electron chi connectivity index (χ4n) is 1.53. The number of rotatable bonds is 5. The van der Waals surface area contributed by atoms with E-state index in [2.05, 4.69) is 20.3 Å². The molecule has 0 aliphatic carbocycles. The van der Waals surface area contributed by atoms with Gasteiger partial charge >= 0.3 is 5.97 Å². The van der Waals surface area contributed by atoms with E-state index in [1.54, 1.807) is 6.33 Å². The molecule has 7 nitrogen and oxygen atoms in total. The van der Waals surface area contributed by atoms with Crippen LogP contribution in [0.15, 0.2) is 12.7 Å². The molecule has 0 saturated heterocycles. The lowest BCUT2D eigenvalue weighted by Gasteiger charge is -2.04. The van der Waals surface area contributed by atoms with Crippen molar-refractivity contribution in [2.24, 2.45) is 0 Å². The van der Waals surface area contributed by atoms with Gasteiger partial charge in [0, 0.05) is 13.1 Å². The van der Waals surface area contributed by atoms with Gasteiger partial charge in [-0.3, -0.25) is 4.79 Å². The average molecular weight is 235 g/mol. The number of imidazole rings is 1. The van der Waals surface area contributed by atoms with Crippen LogP contribution in [0.2, 0.25) is 0 Å². The number of aromatic nitrogens is 4. The van der Waals surface area contributed by atoms with Crippen LogP contribution in [0, 0.1) is 0 Å². The first-order chi connectivity index (χ1) is 8.22. The van der Waals surface area contributed by atoms with Gasteiger partial charge in [-0.05, 0) is 6.92 Å². The van der Waals surface area contributed by atoms with E-state index in [9.17, 15) is 4.79 Å². The van der Waals surface area contributed by atoms with E-state index >= 15 is 0 Å². The minimum Gasteiger partial charge on any atom is -0.481 e. The minimum atomic E-state index is -0.845. The first kappa shape index (κ1) is 11.3. The van der Waals surface area contributed by atoms with Crippen LogP contribution >= 0.6 is 0 Å². The van der Waals surface area contributed by atoms with Crippen molar-refractivity contribution >= 4 is 23.0 Å². The Morgan fingerprint density at radius 1 is 1.47 bits per heavy atom. The number of fused-ring (bicyclic) bond motifs is 1. The molecule has 0 unspecified atom stereocenters. The maximum absolute atomic E-state index is 10.4. The molecule has 2 aromatic rings. The number of hydrogen-bond donors (Lipinski definition) is 2. The normalized spacial score (nSPS) is 10.6. The number of anilines is 1. The standard InChI is InChI=1S/C10H13N5O2/c1-2-15-6-14-8-9(11-4-3-7(16)17)12-5-13-10(8)15/h5-6H,2-4H2,1H3,(H,16,17)(H,11,12,13). The van der Waals surface area contributed by atoms with Gasteiger partial charge in [0.25, 0.3) is 0 Å². The maximum Gasteiger partial charge on any atom is 0.305 e. The van der Waals surface area contributed by atoms with Crippen molar-refractivity contribution in [3.05, 3.63) is 12.7 Å². The van der Waals surface area contributed by atoms with Crippen LogP contribution < -0.4 is 5.32 Å². The summed E-state index contributed by atoms with van der Waals surface area (Å²) in [4.78, 5) is 22.8. The lowest BCUT2D eigenvalue weighted by Crippen LogP contribution is -2.09. The number of nitrogens with one attached hydrogen (secondary N) is 1. The summed E-state index contributed by atoms with van der Waals surface area (Å²) in [5.74, 6) is -0.273. The van der Waals surface area contributed by atoms with Gasteiger partial charge in [-0.25, -0.2) is 15.0 Å². The predicted molar refractivity (Wildman–Crippen MR) is 61.7 cm³/mol. The van der Waals surface area contributed by atoms with E-state index in [4.69, 9.17) is 5.11 Å². The highest BCUT2D eigenvalue weighted by Gasteiger charge is 2.08. The Hall–Kier alpha value is -2.18. The molecule has 0 bridgehead atoms. The van der Waals surface area contributed by atoms with Crippen molar-refractivity contribution in [2.75, 3.05) is 11.9 Å². The Bertz CT molecular complexity index is 536. The summed E-state index contributed by atoms with van der Waals surface area (Å²) in [5, 5.41) is 11.5. The molecule has 0 aromatic carbocycles. The molecule has 0 atom stereocenters. The van der Waals surface area contributed by atoms with Crippen LogP contribution in [0.5, 0.6) is 0 Å². The third-order valence-electron chi connectivity index (χ3n) is 2.37. The number of nitrogens with zero attached hydrogens (tertiary/aromatic N) is 4. The van der Waals surface area contributed by atoms with Crippen LogP contribution in [0.1, 0.15) is 13.3 Å². The van der Waals surface area contributed by atoms with Crippen LogP contribution in [0.3, 0.4) is 0 Å². The minimum absolute atomic E-state index is 0.0416. The highest BCUT2D eigenvalue weighted by atomic mass is 16.4. The summed E-state index contributed by atoms with van der Waals surface area (Å²) in [6.07, 6.45) is 3.18.